The minimum absolute atomic E-state index is 0.0160. The minimum Gasteiger partial charge on any atom is -0.353 e. The Morgan fingerprint density at radius 3 is 2.35 bits per heavy atom. The lowest BCUT2D eigenvalue weighted by molar-refractivity contribution is -0.179. The second-order valence-corrected chi connectivity index (χ2v) is 8.03. The quantitative estimate of drug-likeness (QED) is 0.572. The van der Waals surface area contributed by atoms with Crippen LogP contribution in [0.2, 0.25) is 0 Å². The molecule has 0 aromatic carbocycles. The van der Waals surface area contributed by atoms with Gasteiger partial charge in [-0.1, -0.05) is 13.8 Å². The van der Waals surface area contributed by atoms with E-state index in [1.54, 1.807) is 0 Å². The molecule has 0 saturated heterocycles. The second kappa shape index (κ2) is 4.71. The Morgan fingerprint density at radius 1 is 0.950 bits per heavy atom. The van der Waals surface area contributed by atoms with Crippen molar-refractivity contribution in [2.45, 2.75) is 59.4 Å². The molecule has 0 N–H and O–H groups in total. The molecule has 114 valence electrons. The summed E-state index contributed by atoms with van der Waals surface area (Å²) in [7, 11) is 0. The number of hydrogen-bond acceptors (Lipinski definition) is 2. The van der Waals surface area contributed by atoms with Gasteiger partial charge >= 0.3 is 0 Å². The first-order valence-corrected chi connectivity index (χ1v) is 8.88. The van der Waals surface area contributed by atoms with E-state index in [0.717, 1.165) is 54.0 Å². The summed E-state index contributed by atoms with van der Waals surface area (Å²) in [6.45, 7) is 9.90. The van der Waals surface area contributed by atoms with Crippen LogP contribution in [-0.4, -0.2) is 19.0 Å². The smallest absolute Gasteiger partial charge is 0.155 e. The second-order valence-electron chi connectivity index (χ2n) is 8.03. The van der Waals surface area contributed by atoms with Crippen molar-refractivity contribution in [2.75, 3.05) is 6.61 Å². The molecule has 0 radical (unpaired) electrons. The topological polar surface area (TPSA) is 18.5 Å². The van der Waals surface area contributed by atoms with Gasteiger partial charge in [-0.05, 0) is 80.5 Å². The summed E-state index contributed by atoms with van der Waals surface area (Å²) >= 11 is 0. The van der Waals surface area contributed by atoms with E-state index in [2.05, 4.69) is 27.7 Å². The van der Waals surface area contributed by atoms with Crippen LogP contribution in [-0.2, 0) is 9.47 Å². The molecule has 2 nitrogen and oxygen atoms in total. The van der Waals surface area contributed by atoms with Crippen molar-refractivity contribution >= 4 is 0 Å². The molecule has 0 aromatic heterocycles. The molecule has 4 bridgehead atoms. The summed E-state index contributed by atoms with van der Waals surface area (Å²) in [6, 6.07) is 0. The fourth-order valence-corrected chi connectivity index (χ4v) is 6.84. The van der Waals surface area contributed by atoms with Gasteiger partial charge in [-0.15, -0.1) is 0 Å². The van der Waals surface area contributed by atoms with Crippen molar-refractivity contribution < 1.29 is 9.47 Å². The third kappa shape index (κ3) is 1.70. The zero-order valence-corrected chi connectivity index (χ0v) is 13.4. The van der Waals surface area contributed by atoms with E-state index in [-0.39, 0.29) is 6.29 Å². The van der Waals surface area contributed by atoms with Crippen molar-refractivity contribution in [2.24, 2.45) is 47.3 Å². The molecule has 0 spiro atoms. The highest BCUT2D eigenvalue weighted by atomic mass is 16.7. The van der Waals surface area contributed by atoms with Crippen LogP contribution in [0.4, 0.5) is 0 Å². The summed E-state index contributed by atoms with van der Waals surface area (Å²) in [6.07, 6.45) is 4.76. The Bertz CT molecular complexity index is 382. The Hall–Kier alpha value is -0.0800. The van der Waals surface area contributed by atoms with Crippen LogP contribution in [0.1, 0.15) is 47.0 Å². The molecule has 4 aliphatic carbocycles. The summed E-state index contributed by atoms with van der Waals surface area (Å²) in [5.41, 5.74) is 0. The first kappa shape index (κ1) is 13.6. The molecule has 4 fully saturated rings. The highest BCUT2D eigenvalue weighted by Gasteiger charge is 2.66. The predicted octanol–water partition coefficient (Wildman–Crippen LogP) is 3.95. The SMILES string of the molecule is CCOC(C)OC1CC2CC1C1C3CC(C(C)C3C)C21. The van der Waals surface area contributed by atoms with E-state index in [4.69, 9.17) is 9.47 Å². The van der Waals surface area contributed by atoms with Gasteiger partial charge in [0, 0.05) is 6.61 Å². The van der Waals surface area contributed by atoms with Gasteiger partial charge in [0.2, 0.25) is 0 Å². The maximum atomic E-state index is 6.24. The molecule has 10 atom stereocenters. The summed E-state index contributed by atoms with van der Waals surface area (Å²) in [5, 5.41) is 0. The van der Waals surface area contributed by atoms with Crippen LogP contribution < -0.4 is 0 Å². The first-order chi connectivity index (χ1) is 9.61. The molecule has 4 saturated carbocycles. The van der Waals surface area contributed by atoms with Gasteiger partial charge in [0.1, 0.15) is 0 Å². The molecule has 4 rings (SSSR count). The first-order valence-electron chi connectivity index (χ1n) is 8.88. The van der Waals surface area contributed by atoms with Crippen LogP contribution in [0.25, 0.3) is 0 Å². The molecule has 0 aliphatic heterocycles. The van der Waals surface area contributed by atoms with Gasteiger partial charge in [-0.2, -0.15) is 0 Å². The van der Waals surface area contributed by atoms with E-state index in [0.29, 0.717) is 6.10 Å². The highest BCUT2D eigenvalue weighted by molar-refractivity contribution is 5.14. The normalized spacial score (nSPS) is 57.3. The van der Waals surface area contributed by atoms with Crippen molar-refractivity contribution in [3.8, 4) is 0 Å². The summed E-state index contributed by atoms with van der Waals surface area (Å²) in [5.74, 6) is 7.82. The van der Waals surface area contributed by atoms with Crippen LogP contribution in [0, 0.1) is 47.3 Å². The van der Waals surface area contributed by atoms with E-state index in [9.17, 15) is 0 Å². The average Bonchev–Trinajstić information content (AvgIpc) is 3.10. The average molecular weight is 278 g/mol. The third-order valence-corrected chi connectivity index (χ3v) is 7.55. The Kier molecular flexibility index (Phi) is 3.20. The monoisotopic (exact) mass is 278 g/mol. The molecule has 0 aromatic rings. The van der Waals surface area contributed by atoms with Crippen molar-refractivity contribution in [1.82, 2.24) is 0 Å². The van der Waals surface area contributed by atoms with Gasteiger partial charge in [0.25, 0.3) is 0 Å². The Labute approximate surface area is 123 Å². The molecular formula is C18H30O2. The maximum absolute atomic E-state index is 6.24. The lowest BCUT2D eigenvalue weighted by Gasteiger charge is -2.43. The standard InChI is InChI=1S/C18H30O2/c1-5-19-11(4)20-16-7-12-6-15(16)18-14-8-13(17(12)18)9(2)10(14)3/h9-18H,5-8H2,1-4H3. The van der Waals surface area contributed by atoms with Crippen LogP contribution >= 0.6 is 0 Å². The van der Waals surface area contributed by atoms with Crippen LogP contribution in [0.3, 0.4) is 0 Å². The number of ether oxygens (including phenoxy) is 2. The van der Waals surface area contributed by atoms with E-state index >= 15 is 0 Å². The van der Waals surface area contributed by atoms with Gasteiger partial charge in [0.05, 0.1) is 6.10 Å². The van der Waals surface area contributed by atoms with Gasteiger partial charge < -0.3 is 9.47 Å². The number of hydrogen-bond donors (Lipinski definition) is 0. The zero-order chi connectivity index (χ0) is 14.0. The fourth-order valence-electron chi connectivity index (χ4n) is 6.84. The molecule has 10 unspecified atom stereocenters. The summed E-state index contributed by atoms with van der Waals surface area (Å²) < 4.78 is 11.8. The summed E-state index contributed by atoms with van der Waals surface area (Å²) in [4.78, 5) is 0. The molecule has 2 heteroatoms. The molecule has 0 amide bonds. The van der Waals surface area contributed by atoms with Crippen molar-refractivity contribution in [3.05, 3.63) is 0 Å². The van der Waals surface area contributed by atoms with E-state index in [1.165, 1.54) is 19.3 Å². The fraction of sp³-hybridized carbons (Fsp3) is 1.00. The number of rotatable bonds is 4. The Morgan fingerprint density at radius 2 is 1.65 bits per heavy atom. The number of fused-ring (bicyclic) bond motifs is 9. The highest BCUT2D eigenvalue weighted by Crippen LogP contribution is 2.70. The molecular weight excluding hydrogens is 248 g/mol. The molecule has 0 heterocycles. The molecule has 20 heavy (non-hydrogen) atoms. The van der Waals surface area contributed by atoms with E-state index in [1.807, 2.05) is 0 Å². The van der Waals surface area contributed by atoms with Crippen molar-refractivity contribution in [1.29, 1.82) is 0 Å². The third-order valence-electron chi connectivity index (χ3n) is 7.55. The largest absolute Gasteiger partial charge is 0.353 e. The van der Waals surface area contributed by atoms with Gasteiger partial charge in [0.15, 0.2) is 6.29 Å². The van der Waals surface area contributed by atoms with Gasteiger partial charge in [-0.3, -0.25) is 0 Å². The van der Waals surface area contributed by atoms with Gasteiger partial charge in [-0.25, -0.2) is 0 Å². The van der Waals surface area contributed by atoms with E-state index < -0.39 is 0 Å². The zero-order valence-electron chi connectivity index (χ0n) is 13.4. The maximum Gasteiger partial charge on any atom is 0.155 e. The molecule has 4 aliphatic rings. The predicted molar refractivity (Wildman–Crippen MR) is 79.1 cm³/mol. The van der Waals surface area contributed by atoms with Crippen LogP contribution in [0.15, 0.2) is 0 Å². The lowest BCUT2D eigenvalue weighted by Crippen LogP contribution is -2.42. The minimum atomic E-state index is -0.0160. The van der Waals surface area contributed by atoms with Crippen LogP contribution in [0.5, 0.6) is 0 Å². The van der Waals surface area contributed by atoms with Crippen molar-refractivity contribution in [3.63, 3.8) is 0 Å². The Balaban J connectivity index is 1.48. The lowest BCUT2D eigenvalue weighted by atomic mass is 9.64.